The Morgan fingerprint density at radius 3 is 2.44 bits per heavy atom. The van der Waals surface area contributed by atoms with Crippen LogP contribution in [-0.2, 0) is 0 Å². The van der Waals surface area contributed by atoms with E-state index >= 15 is 0 Å². The van der Waals surface area contributed by atoms with Crippen molar-refractivity contribution in [3.05, 3.63) is 0 Å². The first kappa shape index (κ1) is 13.4. The second-order valence-electron chi connectivity index (χ2n) is 6.61. The zero-order valence-electron chi connectivity index (χ0n) is 11.7. The van der Waals surface area contributed by atoms with Gasteiger partial charge in [0.15, 0.2) is 0 Å². The molecule has 0 aliphatic carbocycles. The number of likely N-dealkylation sites (tertiary alicyclic amines) is 1. The largest absolute Gasteiger partial charge is 0.303 e. The topological polar surface area (TPSA) is 6.48 Å². The lowest BCUT2D eigenvalue weighted by molar-refractivity contribution is 0.110. The summed E-state index contributed by atoms with van der Waals surface area (Å²) in [6, 6.07) is 2.64. The van der Waals surface area contributed by atoms with Crippen LogP contribution < -0.4 is 0 Å². The Bertz CT molecular complexity index is 270. The van der Waals surface area contributed by atoms with Crippen LogP contribution in [0, 0.1) is 0 Å². The Balaban J connectivity index is 1.51. The van der Waals surface area contributed by atoms with Gasteiger partial charge in [0.2, 0.25) is 0 Å². The monoisotopic (exact) mass is 314 g/mol. The molecule has 0 radical (unpaired) electrons. The summed E-state index contributed by atoms with van der Waals surface area (Å²) in [5, 5.41) is 0. The molecule has 3 rings (SSSR count). The number of rotatable bonds is 3. The van der Waals surface area contributed by atoms with Gasteiger partial charge in [-0.3, -0.25) is 4.90 Å². The molecule has 3 unspecified atom stereocenters. The number of hydrogen-bond acceptors (Lipinski definition) is 2. The normalized spacial score (nSPS) is 42.3. The molecule has 0 aromatic heterocycles. The van der Waals surface area contributed by atoms with E-state index in [1.165, 1.54) is 64.5 Å². The van der Waals surface area contributed by atoms with E-state index in [2.05, 4.69) is 32.8 Å². The summed E-state index contributed by atoms with van der Waals surface area (Å²) in [6.07, 6.45) is 11.4. The van der Waals surface area contributed by atoms with Gasteiger partial charge < -0.3 is 4.90 Å². The first-order chi connectivity index (χ1) is 8.74. The van der Waals surface area contributed by atoms with E-state index in [4.69, 9.17) is 0 Å². The minimum atomic E-state index is 0.795. The van der Waals surface area contributed by atoms with Crippen LogP contribution in [-0.4, -0.2) is 52.9 Å². The highest BCUT2D eigenvalue weighted by Gasteiger charge is 2.39. The molecule has 0 saturated carbocycles. The molecule has 104 valence electrons. The van der Waals surface area contributed by atoms with Crippen LogP contribution in [0.5, 0.6) is 0 Å². The van der Waals surface area contributed by atoms with Crippen LogP contribution in [0.1, 0.15) is 51.4 Å². The fourth-order valence-corrected chi connectivity index (χ4v) is 5.24. The molecular formula is C15H27BrN2. The van der Waals surface area contributed by atoms with Crippen LogP contribution in [0.15, 0.2) is 0 Å². The van der Waals surface area contributed by atoms with E-state index < -0.39 is 0 Å². The van der Waals surface area contributed by atoms with Crippen LogP contribution in [0.25, 0.3) is 0 Å². The Labute approximate surface area is 120 Å². The molecule has 3 aliphatic heterocycles. The van der Waals surface area contributed by atoms with Gasteiger partial charge in [0, 0.05) is 29.5 Å². The van der Waals surface area contributed by atoms with Crippen molar-refractivity contribution >= 4 is 15.9 Å². The molecule has 18 heavy (non-hydrogen) atoms. The van der Waals surface area contributed by atoms with Gasteiger partial charge in [-0.1, -0.05) is 22.4 Å². The Morgan fingerprint density at radius 2 is 1.78 bits per heavy atom. The minimum absolute atomic E-state index is 0.795. The summed E-state index contributed by atoms with van der Waals surface area (Å²) in [4.78, 5) is 6.24. The number of halogens is 1. The predicted molar refractivity (Wildman–Crippen MR) is 80.4 cm³/mol. The molecule has 3 heterocycles. The van der Waals surface area contributed by atoms with E-state index in [1.54, 1.807) is 0 Å². The third-order valence-corrected chi connectivity index (χ3v) is 6.22. The lowest BCUT2D eigenvalue weighted by Gasteiger charge is -2.39. The fraction of sp³-hybridized carbons (Fsp3) is 1.00. The standard InChI is InChI=1S/C15H27BrN2/c1-17-8-3-2-4-13(17)7-9-18-14-5-6-15(18)11-12(16)10-14/h12-15H,2-11H2,1H3. The number of alkyl halides is 1. The van der Waals surface area contributed by atoms with Gasteiger partial charge in [-0.25, -0.2) is 0 Å². The molecule has 3 saturated heterocycles. The highest BCUT2D eigenvalue weighted by Crippen LogP contribution is 2.38. The third-order valence-electron chi connectivity index (χ3n) is 5.47. The molecule has 0 amide bonds. The number of fused-ring (bicyclic) bond motifs is 2. The van der Waals surface area contributed by atoms with E-state index in [1.807, 2.05) is 0 Å². The van der Waals surface area contributed by atoms with Crippen molar-refractivity contribution in [2.24, 2.45) is 0 Å². The molecule has 0 aromatic rings. The molecule has 2 nitrogen and oxygen atoms in total. The van der Waals surface area contributed by atoms with Crippen molar-refractivity contribution in [3.8, 4) is 0 Å². The summed E-state index contributed by atoms with van der Waals surface area (Å²) in [5.74, 6) is 0. The molecule has 3 fully saturated rings. The Kier molecular flexibility index (Phi) is 4.32. The molecule has 0 aromatic carbocycles. The van der Waals surface area contributed by atoms with Crippen molar-refractivity contribution < 1.29 is 0 Å². The van der Waals surface area contributed by atoms with E-state index in [-0.39, 0.29) is 0 Å². The quantitative estimate of drug-likeness (QED) is 0.738. The van der Waals surface area contributed by atoms with Crippen molar-refractivity contribution in [2.45, 2.75) is 74.3 Å². The number of nitrogens with zero attached hydrogens (tertiary/aromatic N) is 2. The fourth-order valence-electron chi connectivity index (χ4n) is 4.38. The summed E-state index contributed by atoms with van der Waals surface area (Å²) >= 11 is 3.84. The summed E-state index contributed by atoms with van der Waals surface area (Å²) in [7, 11) is 2.32. The predicted octanol–water partition coefficient (Wildman–Crippen LogP) is 3.25. The Morgan fingerprint density at radius 1 is 1.06 bits per heavy atom. The molecule has 2 bridgehead atoms. The molecular weight excluding hydrogens is 288 g/mol. The van der Waals surface area contributed by atoms with Gasteiger partial charge in [-0.05, 0) is 58.5 Å². The average molecular weight is 315 g/mol. The minimum Gasteiger partial charge on any atom is -0.303 e. The van der Waals surface area contributed by atoms with Gasteiger partial charge in [-0.2, -0.15) is 0 Å². The SMILES string of the molecule is CN1CCCCC1CCN1C2CCC1CC(Br)C2. The Hall–Kier alpha value is 0.400. The smallest absolute Gasteiger partial charge is 0.0175 e. The first-order valence-corrected chi connectivity index (χ1v) is 8.75. The van der Waals surface area contributed by atoms with Gasteiger partial charge in [-0.15, -0.1) is 0 Å². The van der Waals surface area contributed by atoms with E-state index in [9.17, 15) is 0 Å². The van der Waals surface area contributed by atoms with E-state index in [0.717, 1.165) is 23.0 Å². The zero-order valence-corrected chi connectivity index (χ0v) is 13.2. The number of piperidine rings is 2. The van der Waals surface area contributed by atoms with Crippen molar-refractivity contribution in [1.82, 2.24) is 9.80 Å². The van der Waals surface area contributed by atoms with Gasteiger partial charge in [0.25, 0.3) is 0 Å². The maximum Gasteiger partial charge on any atom is 0.0175 e. The molecule has 0 spiro atoms. The molecule has 0 N–H and O–H groups in total. The van der Waals surface area contributed by atoms with Crippen molar-refractivity contribution in [3.63, 3.8) is 0 Å². The van der Waals surface area contributed by atoms with Gasteiger partial charge in [0.1, 0.15) is 0 Å². The van der Waals surface area contributed by atoms with Crippen LogP contribution >= 0.6 is 15.9 Å². The average Bonchev–Trinajstić information content (AvgIpc) is 2.60. The third kappa shape index (κ3) is 2.78. The zero-order chi connectivity index (χ0) is 12.5. The first-order valence-electron chi connectivity index (χ1n) is 7.84. The van der Waals surface area contributed by atoms with E-state index in [0.29, 0.717) is 0 Å². The van der Waals surface area contributed by atoms with Gasteiger partial charge in [0.05, 0.1) is 0 Å². The summed E-state index contributed by atoms with van der Waals surface area (Å²) < 4.78 is 0. The van der Waals surface area contributed by atoms with Gasteiger partial charge >= 0.3 is 0 Å². The van der Waals surface area contributed by atoms with Crippen LogP contribution in [0.3, 0.4) is 0 Å². The second kappa shape index (κ2) is 5.80. The molecule has 3 aliphatic rings. The lowest BCUT2D eigenvalue weighted by atomic mass is 9.98. The van der Waals surface area contributed by atoms with Crippen LogP contribution in [0.2, 0.25) is 0 Å². The highest BCUT2D eigenvalue weighted by atomic mass is 79.9. The van der Waals surface area contributed by atoms with Crippen molar-refractivity contribution in [2.75, 3.05) is 20.1 Å². The second-order valence-corrected chi connectivity index (χ2v) is 7.91. The van der Waals surface area contributed by atoms with Crippen molar-refractivity contribution in [1.29, 1.82) is 0 Å². The summed E-state index contributed by atoms with van der Waals surface area (Å²) in [6.45, 7) is 2.67. The summed E-state index contributed by atoms with van der Waals surface area (Å²) in [5.41, 5.74) is 0. The maximum absolute atomic E-state index is 3.84. The molecule has 3 heteroatoms. The van der Waals surface area contributed by atoms with Crippen LogP contribution in [0.4, 0.5) is 0 Å². The maximum atomic E-state index is 3.84. The highest BCUT2D eigenvalue weighted by molar-refractivity contribution is 9.09. The number of hydrogen-bond donors (Lipinski definition) is 0. The molecule has 3 atom stereocenters. The lowest BCUT2D eigenvalue weighted by Crippen LogP contribution is -2.46.